The fourth-order valence-corrected chi connectivity index (χ4v) is 1.98. The van der Waals surface area contributed by atoms with E-state index in [-0.39, 0.29) is 17.9 Å². The number of carbonyl (C=O) groups excluding carboxylic acids is 1. The Morgan fingerprint density at radius 2 is 2.32 bits per heavy atom. The Balaban J connectivity index is 2.32. The minimum Gasteiger partial charge on any atom is -0.454 e. The van der Waals surface area contributed by atoms with Crippen LogP contribution in [0.4, 0.5) is 0 Å². The summed E-state index contributed by atoms with van der Waals surface area (Å²) in [6.45, 7) is 1.94. The van der Waals surface area contributed by atoms with E-state index in [1.165, 1.54) is 16.8 Å². The summed E-state index contributed by atoms with van der Waals surface area (Å²) < 4.78 is 7.31. The Kier molecular flexibility index (Phi) is 4.00. The van der Waals surface area contributed by atoms with Gasteiger partial charge in [0, 0.05) is 6.20 Å². The van der Waals surface area contributed by atoms with Gasteiger partial charge in [0.15, 0.2) is 5.76 Å². The lowest BCUT2D eigenvalue weighted by atomic mass is 10.4. The van der Waals surface area contributed by atoms with E-state index in [9.17, 15) is 9.59 Å². The quantitative estimate of drug-likeness (QED) is 0.351. The number of hydrogen-bond acceptors (Lipinski definition) is 5. The Bertz CT molecular complexity index is 677. The van der Waals surface area contributed by atoms with Crippen LogP contribution in [-0.2, 0) is 6.54 Å². The van der Waals surface area contributed by atoms with Crippen LogP contribution in [0.15, 0.2) is 27.5 Å². The van der Waals surface area contributed by atoms with E-state index >= 15 is 0 Å². The summed E-state index contributed by atoms with van der Waals surface area (Å²) in [5.41, 5.74) is 1.83. The van der Waals surface area contributed by atoms with Gasteiger partial charge in [-0.1, -0.05) is 0 Å². The van der Waals surface area contributed by atoms with E-state index in [1.807, 2.05) is 28.0 Å². The van der Waals surface area contributed by atoms with Gasteiger partial charge in [-0.15, -0.1) is 0 Å². The number of nitrogens with one attached hydrogen (secondary N) is 1. The molecule has 19 heavy (non-hydrogen) atoms. The summed E-state index contributed by atoms with van der Waals surface area (Å²) in [7, 11) is 0. The largest absolute Gasteiger partial charge is 0.454 e. The number of aromatic nitrogens is 2. The molecule has 0 atom stereocenters. The fourth-order valence-electron chi connectivity index (χ4n) is 1.55. The van der Waals surface area contributed by atoms with Crippen LogP contribution >= 0.6 is 22.6 Å². The molecule has 2 rings (SSSR count). The van der Waals surface area contributed by atoms with Crippen molar-refractivity contribution in [1.82, 2.24) is 15.0 Å². The molecule has 0 radical (unpaired) electrons. The van der Waals surface area contributed by atoms with Crippen LogP contribution in [0.1, 0.15) is 22.1 Å². The molecule has 0 aliphatic heterocycles. The zero-order chi connectivity index (χ0) is 14.0. The molecule has 0 aliphatic carbocycles. The lowest BCUT2D eigenvalue weighted by molar-refractivity contribution is 0.0924. The first-order valence-corrected chi connectivity index (χ1v) is 6.42. The fraction of sp³-hybridized carbons (Fsp3) is 0.182. The molecule has 0 spiro atoms. The Morgan fingerprint density at radius 1 is 1.58 bits per heavy atom. The van der Waals surface area contributed by atoms with Gasteiger partial charge in [0.05, 0.1) is 10.1 Å². The maximum Gasteiger partial charge on any atom is 0.300 e. The zero-order valence-electron chi connectivity index (χ0n) is 10.0. The molecular weight excluding hydrogens is 363 g/mol. The molecule has 1 amide bonds. The molecule has 0 aromatic carbocycles. The number of amides is 1. The molecule has 0 unspecified atom stereocenters. The molecule has 0 aliphatic rings. The Labute approximate surface area is 121 Å². The monoisotopic (exact) mass is 374 g/mol. The average molecular weight is 374 g/mol. The van der Waals surface area contributed by atoms with E-state index in [0.717, 1.165) is 0 Å². The second-order valence-electron chi connectivity index (χ2n) is 3.78. The number of nitrogen functional groups attached to an aromatic ring is 1. The first-order valence-electron chi connectivity index (χ1n) is 5.34. The van der Waals surface area contributed by atoms with E-state index in [4.69, 9.17) is 10.3 Å². The molecule has 0 fully saturated rings. The van der Waals surface area contributed by atoms with Crippen LogP contribution in [0.25, 0.3) is 0 Å². The van der Waals surface area contributed by atoms with Gasteiger partial charge in [-0.25, -0.2) is 10.8 Å². The molecule has 2 aromatic rings. The summed E-state index contributed by atoms with van der Waals surface area (Å²) in [5, 5.41) is 0. The smallest absolute Gasteiger partial charge is 0.300 e. The van der Waals surface area contributed by atoms with Crippen LogP contribution in [0.3, 0.4) is 0 Å². The van der Waals surface area contributed by atoms with E-state index < -0.39 is 5.91 Å². The number of nitrogens with zero attached hydrogens (tertiary/aromatic N) is 2. The number of halogens is 1. The van der Waals surface area contributed by atoms with Crippen molar-refractivity contribution in [2.45, 2.75) is 13.5 Å². The van der Waals surface area contributed by atoms with E-state index in [1.54, 1.807) is 13.0 Å². The molecule has 3 N–H and O–H groups in total. The van der Waals surface area contributed by atoms with Gasteiger partial charge in [0.2, 0.25) is 0 Å². The number of hydrazine groups is 1. The lowest BCUT2D eigenvalue weighted by Crippen LogP contribution is -2.29. The second kappa shape index (κ2) is 5.53. The van der Waals surface area contributed by atoms with Crippen molar-refractivity contribution in [3.8, 4) is 0 Å². The highest BCUT2D eigenvalue weighted by Crippen LogP contribution is 2.09. The summed E-state index contributed by atoms with van der Waals surface area (Å²) in [6.07, 6.45) is 1.52. The summed E-state index contributed by atoms with van der Waals surface area (Å²) in [5.74, 6) is 5.64. The van der Waals surface area contributed by atoms with E-state index in [2.05, 4.69) is 4.98 Å². The first-order chi connectivity index (χ1) is 9.02. The van der Waals surface area contributed by atoms with Gasteiger partial charge in [0.1, 0.15) is 11.6 Å². The second-order valence-corrected chi connectivity index (χ2v) is 4.95. The van der Waals surface area contributed by atoms with Crippen molar-refractivity contribution in [2.24, 2.45) is 5.84 Å². The summed E-state index contributed by atoms with van der Waals surface area (Å²) in [4.78, 5) is 27.3. The number of aryl methyl sites for hydroxylation is 1. The van der Waals surface area contributed by atoms with Crippen molar-refractivity contribution in [2.75, 3.05) is 0 Å². The topological polar surface area (TPSA) is 103 Å². The standard InChI is InChI=1S/C11H11IN4O3/c1-6-14-4-8(12)11(18)16(6)5-7-2-3-9(19-7)10(17)15-13/h2-4H,5,13H2,1H3,(H,15,17). The molecule has 7 nitrogen and oxygen atoms in total. The number of hydrogen-bond donors (Lipinski definition) is 2. The molecule has 0 saturated heterocycles. The third-order valence-corrected chi connectivity index (χ3v) is 3.28. The predicted octanol–water partition coefficient (Wildman–Crippen LogP) is 0.401. The number of nitrogens with two attached hydrogens (primary N) is 1. The van der Waals surface area contributed by atoms with Crippen molar-refractivity contribution >= 4 is 28.5 Å². The zero-order valence-corrected chi connectivity index (χ0v) is 12.2. The SMILES string of the molecule is Cc1ncc(I)c(=O)n1Cc1ccc(C(=O)NN)o1. The Morgan fingerprint density at radius 3 is 3.00 bits per heavy atom. The van der Waals surface area contributed by atoms with Crippen molar-refractivity contribution < 1.29 is 9.21 Å². The minimum atomic E-state index is -0.518. The highest BCUT2D eigenvalue weighted by molar-refractivity contribution is 14.1. The number of rotatable bonds is 3. The van der Waals surface area contributed by atoms with Gasteiger partial charge < -0.3 is 4.42 Å². The van der Waals surface area contributed by atoms with Crippen molar-refractivity contribution in [3.05, 3.63) is 49.6 Å². The molecule has 2 heterocycles. The number of furan rings is 1. The minimum absolute atomic E-state index is 0.0989. The normalized spacial score (nSPS) is 10.5. The summed E-state index contributed by atoms with van der Waals surface area (Å²) in [6, 6.07) is 3.12. The molecule has 100 valence electrons. The number of carbonyl (C=O) groups is 1. The highest BCUT2D eigenvalue weighted by atomic mass is 127. The van der Waals surface area contributed by atoms with Crippen LogP contribution in [-0.4, -0.2) is 15.5 Å². The van der Waals surface area contributed by atoms with E-state index in [0.29, 0.717) is 15.2 Å². The molecule has 0 saturated carbocycles. The maximum atomic E-state index is 12.0. The molecule has 8 heteroatoms. The average Bonchev–Trinajstić information content (AvgIpc) is 2.87. The third kappa shape index (κ3) is 2.84. The Hall–Kier alpha value is -1.68. The van der Waals surface area contributed by atoms with Crippen molar-refractivity contribution in [3.63, 3.8) is 0 Å². The van der Waals surface area contributed by atoms with Gasteiger partial charge in [-0.2, -0.15) is 0 Å². The molecular formula is C11H11IN4O3. The predicted molar refractivity (Wildman–Crippen MR) is 75.4 cm³/mol. The summed E-state index contributed by atoms with van der Waals surface area (Å²) >= 11 is 1.92. The van der Waals surface area contributed by atoms with Gasteiger partial charge in [-0.05, 0) is 41.6 Å². The van der Waals surface area contributed by atoms with Crippen LogP contribution in [0, 0.1) is 10.5 Å². The van der Waals surface area contributed by atoms with Crippen LogP contribution in [0.2, 0.25) is 0 Å². The molecule has 2 aromatic heterocycles. The van der Waals surface area contributed by atoms with Crippen molar-refractivity contribution in [1.29, 1.82) is 0 Å². The highest BCUT2D eigenvalue weighted by Gasteiger charge is 2.12. The van der Waals surface area contributed by atoms with Crippen LogP contribution < -0.4 is 16.8 Å². The third-order valence-electron chi connectivity index (χ3n) is 2.54. The lowest BCUT2D eigenvalue weighted by Gasteiger charge is -2.07. The van der Waals surface area contributed by atoms with Gasteiger partial charge >= 0.3 is 5.91 Å². The molecule has 0 bridgehead atoms. The maximum absolute atomic E-state index is 12.0. The van der Waals surface area contributed by atoms with Crippen LogP contribution in [0.5, 0.6) is 0 Å². The van der Waals surface area contributed by atoms with Gasteiger partial charge in [-0.3, -0.25) is 19.6 Å². The first kappa shape index (κ1) is 13.7. The van der Waals surface area contributed by atoms with Gasteiger partial charge in [0.25, 0.3) is 5.56 Å².